The molecule has 3 rings (SSSR count). The van der Waals surface area contributed by atoms with Crippen LogP contribution in [-0.4, -0.2) is 48.1 Å². The number of nitrogens with one attached hydrogen (secondary N) is 2. The van der Waals surface area contributed by atoms with Crippen molar-refractivity contribution in [2.24, 2.45) is 0 Å². The molecule has 1 aromatic carbocycles. The van der Waals surface area contributed by atoms with E-state index < -0.39 is 12.1 Å². The molecule has 2 N–H and O–H groups in total. The number of alkyl carbamates (subject to hydrolysis) is 1. The predicted molar refractivity (Wildman–Crippen MR) is 87.1 cm³/mol. The maximum absolute atomic E-state index is 12.7. The van der Waals surface area contributed by atoms with Crippen molar-refractivity contribution in [2.45, 2.75) is 25.3 Å². The van der Waals surface area contributed by atoms with Gasteiger partial charge in [0, 0.05) is 36.6 Å². The SMILES string of the molecule is COC(=O)N[C@@H](Cc1c[nH]c2ccccc12)C(=O)N1CCCC1. The van der Waals surface area contributed by atoms with Gasteiger partial charge in [0.25, 0.3) is 0 Å². The van der Waals surface area contributed by atoms with Crippen LogP contribution in [-0.2, 0) is 16.0 Å². The molecular weight excluding hydrogens is 294 g/mol. The fourth-order valence-corrected chi connectivity index (χ4v) is 3.08. The molecule has 0 spiro atoms. The lowest BCUT2D eigenvalue weighted by atomic mass is 10.0. The summed E-state index contributed by atoms with van der Waals surface area (Å²) in [5.74, 6) is -0.0434. The Kier molecular flexibility index (Phi) is 4.50. The van der Waals surface area contributed by atoms with Gasteiger partial charge in [-0.1, -0.05) is 18.2 Å². The second kappa shape index (κ2) is 6.73. The molecule has 0 radical (unpaired) electrons. The molecule has 1 aliphatic heterocycles. The van der Waals surface area contributed by atoms with Crippen LogP contribution in [0.1, 0.15) is 18.4 Å². The number of benzene rings is 1. The van der Waals surface area contributed by atoms with Crippen molar-refractivity contribution in [1.82, 2.24) is 15.2 Å². The molecule has 1 aliphatic rings. The first-order chi connectivity index (χ1) is 11.2. The topological polar surface area (TPSA) is 74.4 Å². The van der Waals surface area contributed by atoms with Gasteiger partial charge in [0.2, 0.25) is 5.91 Å². The summed E-state index contributed by atoms with van der Waals surface area (Å²) in [6.45, 7) is 1.51. The number of nitrogens with zero attached hydrogens (tertiary/aromatic N) is 1. The zero-order valence-electron chi connectivity index (χ0n) is 13.2. The molecule has 0 aliphatic carbocycles. The first-order valence-corrected chi connectivity index (χ1v) is 7.87. The summed E-state index contributed by atoms with van der Waals surface area (Å²) >= 11 is 0. The number of hydrogen-bond donors (Lipinski definition) is 2. The first kappa shape index (κ1) is 15.4. The van der Waals surface area contributed by atoms with E-state index in [0.29, 0.717) is 6.42 Å². The molecule has 2 aromatic rings. The third-order valence-corrected chi connectivity index (χ3v) is 4.29. The number of likely N-dealkylation sites (tertiary alicyclic amines) is 1. The number of para-hydroxylation sites is 1. The van der Waals surface area contributed by atoms with Gasteiger partial charge in [-0.05, 0) is 24.5 Å². The van der Waals surface area contributed by atoms with E-state index in [9.17, 15) is 9.59 Å². The van der Waals surface area contributed by atoms with Gasteiger partial charge in [-0.25, -0.2) is 4.79 Å². The third kappa shape index (κ3) is 3.31. The molecule has 1 saturated heterocycles. The number of hydrogen-bond acceptors (Lipinski definition) is 3. The Balaban J connectivity index is 1.82. The van der Waals surface area contributed by atoms with Crippen molar-refractivity contribution in [1.29, 1.82) is 0 Å². The van der Waals surface area contributed by atoms with Gasteiger partial charge in [-0.2, -0.15) is 0 Å². The summed E-state index contributed by atoms with van der Waals surface area (Å²) in [5, 5.41) is 3.75. The van der Waals surface area contributed by atoms with E-state index >= 15 is 0 Å². The van der Waals surface area contributed by atoms with Gasteiger partial charge < -0.3 is 19.9 Å². The molecule has 122 valence electrons. The Bertz CT molecular complexity index is 704. The van der Waals surface area contributed by atoms with Crippen molar-refractivity contribution in [3.63, 3.8) is 0 Å². The largest absolute Gasteiger partial charge is 0.453 e. The number of carbonyl (C=O) groups is 2. The van der Waals surface area contributed by atoms with Crippen molar-refractivity contribution in [3.05, 3.63) is 36.0 Å². The fraction of sp³-hybridized carbons (Fsp3) is 0.412. The van der Waals surface area contributed by atoms with E-state index in [0.717, 1.165) is 42.4 Å². The molecule has 0 unspecified atom stereocenters. The summed E-state index contributed by atoms with van der Waals surface area (Å²) in [4.78, 5) is 29.3. The van der Waals surface area contributed by atoms with Gasteiger partial charge in [0.15, 0.2) is 0 Å². The Labute approximate surface area is 134 Å². The van der Waals surface area contributed by atoms with Crippen LogP contribution < -0.4 is 5.32 Å². The van der Waals surface area contributed by atoms with Crippen molar-refractivity contribution < 1.29 is 14.3 Å². The van der Waals surface area contributed by atoms with Crippen LogP contribution in [0.5, 0.6) is 0 Å². The van der Waals surface area contributed by atoms with Crippen molar-refractivity contribution >= 4 is 22.9 Å². The van der Waals surface area contributed by atoms with Gasteiger partial charge in [-0.3, -0.25) is 4.79 Å². The molecule has 0 bridgehead atoms. The van der Waals surface area contributed by atoms with E-state index in [1.807, 2.05) is 35.4 Å². The number of fused-ring (bicyclic) bond motifs is 1. The van der Waals surface area contributed by atoms with Crippen LogP contribution in [0.4, 0.5) is 4.79 Å². The maximum atomic E-state index is 12.7. The number of amides is 2. The average Bonchev–Trinajstić information content (AvgIpc) is 3.23. The highest BCUT2D eigenvalue weighted by Crippen LogP contribution is 2.20. The van der Waals surface area contributed by atoms with Crippen molar-refractivity contribution in [2.75, 3.05) is 20.2 Å². The van der Waals surface area contributed by atoms with Gasteiger partial charge >= 0.3 is 6.09 Å². The second-order valence-corrected chi connectivity index (χ2v) is 5.78. The Morgan fingerprint density at radius 1 is 1.30 bits per heavy atom. The number of aromatic nitrogens is 1. The van der Waals surface area contributed by atoms with Crippen LogP contribution in [0.15, 0.2) is 30.5 Å². The van der Waals surface area contributed by atoms with Crippen molar-refractivity contribution in [3.8, 4) is 0 Å². The minimum absolute atomic E-state index is 0.0434. The second-order valence-electron chi connectivity index (χ2n) is 5.78. The minimum Gasteiger partial charge on any atom is -0.453 e. The highest BCUT2D eigenvalue weighted by molar-refractivity contribution is 5.88. The number of carbonyl (C=O) groups excluding carboxylic acids is 2. The molecular formula is C17H21N3O3. The van der Waals surface area contributed by atoms with Crippen LogP contribution in [0, 0.1) is 0 Å². The number of aromatic amines is 1. The molecule has 2 heterocycles. The molecule has 1 aromatic heterocycles. The van der Waals surface area contributed by atoms with Crippen LogP contribution in [0.3, 0.4) is 0 Å². The van der Waals surface area contributed by atoms with E-state index in [4.69, 9.17) is 0 Å². The number of ether oxygens (including phenoxy) is 1. The zero-order valence-corrected chi connectivity index (χ0v) is 13.2. The highest BCUT2D eigenvalue weighted by Gasteiger charge is 2.28. The van der Waals surface area contributed by atoms with Gasteiger partial charge in [0.05, 0.1) is 7.11 Å². The predicted octanol–water partition coefficient (Wildman–Crippen LogP) is 2.06. The molecule has 6 heteroatoms. The summed E-state index contributed by atoms with van der Waals surface area (Å²) in [6.07, 6.45) is 3.79. The zero-order chi connectivity index (χ0) is 16.2. The average molecular weight is 315 g/mol. The van der Waals surface area contributed by atoms with Crippen LogP contribution in [0.25, 0.3) is 10.9 Å². The molecule has 1 fully saturated rings. The Hall–Kier alpha value is -2.50. The quantitative estimate of drug-likeness (QED) is 0.907. The third-order valence-electron chi connectivity index (χ3n) is 4.29. The normalized spacial score (nSPS) is 15.6. The maximum Gasteiger partial charge on any atom is 0.407 e. The fourth-order valence-electron chi connectivity index (χ4n) is 3.08. The smallest absolute Gasteiger partial charge is 0.407 e. The summed E-state index contributed by atoms with van der Waals surface area (Å²) in [6, 6.07) is 7.31. The Morgan fingerprint density at radius 3 is 2.78 bits per heavy atom. The highest BCUT2D eigenvalue weighted by atomic mass is 16.5. The van der Waals surface area contributed by atoms with Crippen LogP contribution in [0.2, 0.25) is 0 Å². The lowest BCUT2D eigenvalue weighted by Crippen LogP contribution is -2.48. The monoisotopic (exact) mass is 315 g/mol. The molecule has 6 nitrogen and oxygen atoms in total. The number of methoxy groups -OCH3 is 1. The molecule has 0 saturated carbocycles. The van der Waals surface area contributed by atoms with E-state index in [1.54, 1.807) is 0 Å². The van der Waals surface area contributed by atoms with E-state index in [2.05, 4.69) is 15.0 Å². The minimum atomic E-state index is -0.611. The summed E-state index contributed by atoms with van der Waals surface area (Å²) < 4.78 is 4.67. The van der Waals surface area contributed by atoms with E-state index in [-0.39, 0.29) is 5.91 Å². The molecule has 2 amide bonds. The summed E-state index contributed by atoms with van der Waals surface area (Å²) in [7, 11) is 1.30. The molecule has 1 atom stereocenters. The Morgan fingerprint density at radius 2 is 2.04 bits per heavy atom. The van der Waals surface area contributed by atoms with Gasteiger partial charge in [0.1, 0.15) is 6.04 Å². The van der Waals surface area contributed by atoms with Crippen LogP contribution >= 0.6 is 0 Å². The van der Waals surface area contributed by atoms with Gasteiger partial charge in [-0.15, -0.1) is 0 Å². The van der Waals surface area contributed by atoms with E-state index in [1.165, 1.54) is 7.11 Å². The summed E-state index contributed by atoms with van der Waals surface area (Å²) in [5.41, 5.74) is 2.03. The number of rotatable bonds is 4. The lowest BCUT2D eigenvalue weighted by Gasteiger charge is -2.23. The first-order valence-electron chi connectivity index (χ1n) is 7.87. The molecule has 23 heavy (non-hydrogen) atoms. The standard InChI is InChI=1S/C17H21N3O3/c1-23-17(22)19-15(16(21)20-8-4-5-9-20)10-12-11-18-14-7-3-2-6-13(12)14/h2-3,6-7,11,15,18H,4-5,8-10H2,1H3,(H,19,22)/t15-/m0/s1. The number of H-pyrrole nitrogens is 1. The lowest BCUT2D eigenvalue weighted by molar-refractivity contribution is -0.132.